The standard InChI is InChI=1S/C23H24FN5OS2/c1-12(2)31-22-28-27-21(32-22)29-16-9-23(3,4)10-17(30)19(16)18(14(11-25)20(29)26)13-7-5-6-8-15(13)24/h5-8,12,18H,9-10,26H2,1-4H3. The fourth-order valence-electron chi connectivity index (χ4n) is 4.29. The van der Waals surface area contributed by atoms with Crippen LogP contribution in [0.2, 0.25) is 0 Å². The van der Waals surface area contributed by atoms with Gasteiger partial charge in [-0.05, 0) is 17.9 Å². The van der Waals surface area contributed by atoms with Crippen LogP contribution in [0.15, 0.2) is 51.3 Å². The van der Waals surface area contributed by atoms with Crippen molar-refractivity contribution in [3.63, 3.8) is 0 Å². The highest BCUT2D eigenvalue weighted by Gasteiger charge is 2.46. The topological polar surface area (TPSA) is 95.9 Å². The Kier molecular flexibility index (Phi) is 5.86. The van der Waals surface area contributed by atoms with Crippen molar-refractivity contribution in [1.29, 1.82) is 5.26 Å². The zero-order valence-corrected chi connectivity index (χ0v) is 20.0. The Morgan fingerprint density at radius 2 is 2.03 bits per heavy atom. The SMILES string of the molecule is CC(C)Sc1nnc(N2C(N)=C(C#N)C(c3ccccc3F)C3=C2CC(C)(C)CC3=O)s1. The molecule has 1 atom stereocenters. The average molecular weight is 470 g/mol. The third-order valence-electron chi connectivity index (χ3n) is 5.52. The van der Waals surface area contributed by atoms with Gasteiger partial charge in [0.05, 0.1) is 17.6 Å². The monoisotopic (exact) mass is 469 g/mol. The second-order valence-electron chi connectivity index (χ2n) is 9.02. The molecule has 1 aliphatic heterocycles. The Morgan fingerprint density at radius 1 is 1.31 bits per heavy atom. The van der Waals surface area contributed by atoms with Crippen LogP contribution >= 0.6 is 23.1 Å². The number of hydrogen-bond acceptors (Lipinski definition) is 8. The Labute approximate surface area is 195 Å². The second kappa shape index (κ2) is 8.34. The molecule has 9 heteroatoms. The molecule has 166 valence electrons. The maximum Gasteiger partial charge on any atom is 0.219 e. The molecule has 0 fully saturated rings. The van der Waals surface area contributed by atoms with Gasteiger partial charge in [-0.3, -0.25) is 9.69 Å². The lowest BCUT2D eigenvalue weighted by Crippen LogP contribution is -2.42. The first kappa shape index (κ1) is 22.5. The number of rotatable bonds is 4. The molecule has 2 heterocycles. The van der Waals surface area contributed by atoms with Crippen molar-refractivity contribution >= 4 is 34.0 Å². The molecule has 0 amide bonds. The van der Waals surface area contributed by atoms with Gasteiger partial charge in [0.2, 0.25) is 5.13 Å². The predicted molar refractivity (Wildman–Crippen MR) is 124 cm³/mol. The van der Waals surface area contributed by atoms with E-state index >= 15 is 0 Å². The molecule has 1 aromatic heterocycles. The van der Waals surface area contributed by atoms with Crippen molar-refractivity contribution in [1.82, 2.24) is 10.2 Å². The largest absolute Gasteiger partial charge is 0.384 e. The van der Waals surface area contributed by atoms with E-state index in [0.717, 1.165) is 4.34 Å². The number of thioether (sulfide) groups is 1. The van der Waals surface area contributed by atoms with E-state index in [9.17, 15) is 14.4 Å². The molecule has 0 spiro atoms. The number of allylic oxidation sites excluding steroid dienone is 3. The number of hydrogen-bond donors (Lipinski definition) is 1. The number of carbonyl (C=O) groups excluding carboxylic acids is 1. The van der Waals surface area contributed by atoms with Gasteiger partial charge in [0.25, 0.3) is 0 Å². The van der Waals surface area contributed by atoms with E-state index in [1.807, 2.05) is 13.8 Å². The molecule has 1 unspecified atom stereocenters. The van der Waals surface area contributed by atoms with Crippen LogP contribution in [0.4, 0.5) is 9.52 Å². The molecule has 4 rings (SSSR count). The fourth-order valence-corrected chi connectivity index (χ4v) is 6.39. The van der Waals surface area contributed by atoms with Gasteiger partial charge in [0.1, 0.15) is 11.6 Å². The van der Waals surface area contributed by atoms with Crippen molar-refractivity contribution < 1.29 is 9.18 Å². The lowest BCUT2D eigenvalue weighted by atomic mass is 9.68. The minimum atomic E-state index is -0.839. The summed E-state index contributed by atoms with van der Waals surface area (Å²) < 4.78 is 15.6. The Morgan fingerprint density at radius 3 is 2.69 bits per heavy atom. The molecule has 32 heavy (non-hydrogen) atoms. The van der Waals surface area contributed by atoms with Gasteiger partial charge in [0.15, 0.2) is 10.1 Å². The van der Waals surface area contributed by atoms with E-state index < -0.39 is 11.7 Å². The molecule has 2 aromatic rings. The van der Waals surface area contributed by atoms with Gasteiger partial charge in [-0.15, -0.1) is 10.2 Å². The molecule has 0 bridgehead atoms. The van der Waals surface area contributed by atoms with Crippen LogP contribution in [-0.4, -0.2) is 21.2 Å². The molecule has 2 N–H and O–H groups in total. The van der Waals surface area contributed by atoms with Crippen molar-refractivity contribution in [3.05, 3.63) is 58.3 Å². The normalized spacial score (nSPS) is 20.6. The Bertz CT molecular complexity index is 1190. The zero-order chi connectivity index (χ0) is 23.2. The molecular formula is C23H24FN5OS2. The fraction of sp³-hybridized carbons (Fsp3) is 0.391. The Balaban J connectivity index is 1.95. The van der Waals surface area contributed by atoms with Gasteiger partial charge < -0.3 is 5.73 Å². The number of nitriles is 1. The van der Waals surface area contributed by atoms with Crippen LogP contribution in [0.1, 0.15) is 52.0 Å². The zero-order valence-electron chi connectivity index (χ0n) is 18.3. The third-order valence-corrected chi connectivity index (χ3v) is 7.52. The minimum Gasteiger partial charge on any atom is -0.384 e. The molecule has 0 saturated heterocycles. The highest BCUT2D eigenvalue weighted by Crippen LogP contribution is 2.51. The van der Waals surface area contributed by atoms with Crippen LogP contribution in [0, 0.1) is 22.6 Å². The van der Waals surface area contributed by atoms with Gasteiger partial charge in [-0.25, -0.2) is 4.39 Å². The molecule has 0 radical (unpaired) electrons. The summed E-state index contributed by atoms with van der Waals surface area (Å²) in [6, 6.07) is 8.39. The number of nitrogens with zero attached hydrogens (tertiary/aromatic N) is 4. The van der Waals surface area contributed by atoms with Gasteiger partial charge in [-0.2, -0.15) is 5.26 Å². The van der Waals surface area contributed by atoms with E-state index in [4.69, 9.17) is 5.73 Å². The van der Waals surface area contributed by atoms with Crippen LogP contribution in [0.3, 0.4) is 0 Å². The summed E-state index contributed by atoms with van der Waals surface area (Å²) in [6.45, 7) is 8.17. The summed E-state index contributed by atoms with van der Waals surface area (Å²) in [5.41, 5.74) is 7.76. The summed E-state index contributed by atoms with van der Waals surface area (Å²) in [5, 5.41) is 19.5. The van der Waals surface area contributed by atoms with Crippen LogP contribution < -0.4 is 10.6 Å². The number of aromatic nitrogens is 2. The van der Waals surface area contributed by atoms with Gasteiger partial charge in [-0.1, -0.05) is 69.0 Å². The molecule has 1 aromatic carbocycles. The number of halogens is 1. The van der Waals surface area contributed by atoms with E-state index in [0.29, 0.717) is 34.5 Å². The predicted octanol–water partition coefficient (Wildman–Crippen LogP) is 5.12. The molecular weight excluding hydrogens is 445 g/mol. The third kappa shape index (κ3) is 3.93. The molecule has 2 aliphatic rings. The van der Waals surface area contributed by atoms with Crippen molar-refractivity contribution in [2.24, 2.45) is 11.1 Å². The number of Topliss-reactive ketones (excluding diaryl/α,β-unsaturated/α-hetero) is 1. The summed E-state index contributed by atoms with van der Waals surface area (Å²) >= 11 is 2.95. The number of benzene rings is 1. The first-order valence-corrected chi connectivity index (χ1v) is 12.0. The van der Waals surface area contributed by atoms with Crippen LogP contribution in [0.25, 0.3) is 0 Å². The van der Waals surface area contributed by atoms with Crippen molar-refractivity contribution in [3.8, 4) is 6.07 Å². The smallest absolute Gasteiger partial charge is 0.219 e. The van der Waals surface area contributed by atoms with Crippen molar-refractivity contribution in [2.45, 2.75) is 56.0 Å². The van der Waals surface area contributed by atoms with E-state index in [1.54, 1.807) is 34.9 Å². The summed E-state index contributed by atoms with van der Waals surface area (Å²) in [4.78, 5) is 15.1. The summed E-state index contributed by atoms with van der Waals surface area (Å²) in [7, 11) is 0. The van der Waals surface area contributed by atoms with Gasteiger partial charge >= 0.3 is 0 Å². The molecule has 0 saturated carbocycles. The summed E-state index contributed by atoms with van der Waals surface area (Å²) in [5.74, 6) is -1.24. The van der Waals surface area contributed by atoms with Crippen LogP contribution in [-0.2, 0) is 4.79 Å². The highest BCUT2D eigenvalue weighted by molar-refractivity contribution is 8.01. The van der Waals surface area contributed by atoms with Crippen molar-refractivity contribution in [2.75, 3.05) is 4.90 Å². The number of carbonyl (C=O) groups is 1. The maximum absolute atomic E-state index is 14.9. The number of ketones is 1. The first-order chi connectivity index (χ1) is 15.1. The number of anilines is 1. The lowest BCUT2D eigenvalue weighted by molar-refractivity contribution is -0.118. The average Bonchev–Trinajstić information content (AvgIpc) is 3.13. The van der Waals surface area contributed by atoms with E-state index in [2.05, 4.69) is 30.1 Å². The molecule has 6 nitrogen and oxygen atoms in total. The summed E-state index contributed by atoms with van der Waals surface area (Å²) in [6.07, 6.45) is 0.860. The van der Waals surface area contributed by atoms with Gasteiger partial charge in [0, 0.05) is 28.5 Å². The Hall–Kier alpha value is -2.70. The maximum atomic E-state index is 14.9. The second-order valence-corrected chi connectivity index (χ2v) is 11.8. The lowest BCUT2D eigenvalue weighted by Gasteiger charge is -2.42. The minimum absolute atomic E-state index is 0.101. The molecule has 1 aliphatic carbocycles. The van der Waals surface area contributed by atoms with E-state index in [1.165, 1.54) is 17.4 Å². The van der Waals surface area contributed by atoms with E-state index in [-0.39, 0.29) is 28.2 Å². The first-order valence-electron chi connectivity index (χ1n) is 10.3. The quantitative estimate of drug-likeness (QED) is 0.621. The van der Waals surface area contributed by atoms with Crippen LogP contribution in [0.5, 0.6) is 0 Å². The number of nitrogens with two attached hydrogens (primary N) is 1. The highest BCUT2D eigenvalue weighted by atomic mass is 32.2.